The fourth-order valence-corrected chi connectivity index (χ4v) is 2.59. The molecule has 2 aromatic rings. The molecule has 2 aromatic carbocycles. The number of carbonyl (C=O) groups excluding carboxylic acids is 2. The molecule has 0 radical (unpaired) electrons. The number of anilines is 2. The molecule has 0 bridgehead atoms. The zero-order chi connectivity index (χ0) is 17.8. The molecule has 7 heteroatoms. The van der Waals surface area contributed by atoms with Gasteiger partial charge in [0, 0.05) is 12.1 Å². The average molecular weight is 340 g/mol. The van der Waals surface area contributed by atoms with Gasteiger partial charge in [-0.3, -0.25) is 14.4 Å². The first-order chi connectivity index (χ1) is 12.0. The van der Waals surface area contributed by atoms with Crippen molar-refractivity contribution < 1.29 is 24.2 Å². The van der Waals surface area contributed by atoms with Crippen molar-refractivity contribution in [2.24, 2.45) is 0 Å². The highest BCUT2D eigenvalue weighted by atomic mass is 16.5. The van der Waals surface area contributed by atoms with Crippen molar-refractivity contribution >= 4 is 29.2 Å². The van der Waals surface area contributed by atoms with Crippen LogP contribution in [-0.4, -0.2) is 29.5 Å². The number of ether oxygens (including phenoxy) is 1. The molecule has 0 spiro atoms. The maximum atomic E-state index is 12.2. The molecule has 0 aromatic heterocycles. The predicted octanol–water partition coefficient (Wildman–Crippen LogP) is 2.21. The molecular weight excluding hydrogens is 324 g/mol. The largest absolute Gasteiger partial charge is 0.482 e. The number of carboxylic acid groups (broad SMARTS) is 1. The Bertz CT molecular complexity index is 819. The van der Waals surface area contributed by atoms with Crippen molar-refractivity contribution in [2.75, 3.05) is 17.2 Å². The first kappa shape index (κ1) is 16.5. The number of amides is 2. The van der Waals surface area contributed by atoms with Gasteiger partial charge < -0.3 is 20.5 Å². The Morgan fingerprint density at radius 2 is 1.96 bits per heavy atom. The summed E-state index contributed by atoms with van der Waals surface area (Å²) in [4.78, 5) is 35.1. The molecule has 7 nitrogen and oxygen atoms in total. The Morgan fingerprint density at radius 3 is 2.68 bits per heavy atom. The van der Waals surface area contributed by atoms with E-state index < -0.39 is 17.8 Å². The number of aliphatic carboxylic acids is 1. The normalized spacial score (nSPS) is 13.8. The van der Waals surface area contributed by atoms with Crippen molar-refractivity contribution in [1.82, 2.24) is 0 Å². The molecule has 0 saturated heterocycles. The zero-order valence-corrected chi connectivity index (χ0v) is 13.2. The van der Waals surface area contributed by atoms with Crippen molar-refractivity contribution in [1.29, 1.82) is 0 Å². The van der Waals surface area contributed by atoms with Gasteiger partial charge in [-0.1, -0.05) is 30.3 Å². The van der Waals surface area contributed by atoms with Gasteiger partial charge in [0.25, 0.3) is 5.91 Å². The SMILES string of the molecule is O=C(C[C@H](C(=O)O)c1ccccc1)Nc1ccc2c(c1)NC(=O)CO2. The molecule has 1 heterocycles. The highest BCUT2D eigenvalue weighted by Gasteiger charge is 2.23. The van der Waals surface area contributed by atoms with Crippen LogP contribution in [0.2, 0.25) is 0 Å². The summed E-state index contributed by atoms with van der Waals surface area (Å²) >= 11 is 0. The Kier molecular flexibility index (Phi) is 4.65. The summed E-state index contributed by atoms with van der Waals surface area (Å²) in [5.74, 6) is -2.18. The Hall–Kier alpha value is -3.35. The molecule has 0 saturated carbocycles. The number of rotatable bonds is 5. The van der Waals surface area contributed by atoms with E-state index in [1.54, 1.807) is 48.5 Å². The van der Waals surface area contributed by atoms with Crippen LogP contribution >= 0.6 is 0 Å². The van der Waals surface area contributed by atoms with Crippen LogP contribution in [-0.2, 0) is 14.4 Å². The van der Waals surface area contributed by atoms with Gasteiger partial charge in [0.2, 0.25) is 5.91 Å². The minimum atomic E-state index is -1.06. The number of carboxylic acids is 1. The molecule has 1 aliphatic rings. The van der Waals surface area contributed by atoms with Gasteiger partial charge >= 0.3 is 5.97 Å². The number of carbonyl (C=O) groups is 3. The maximum Gasteiger partial charge on any atom is 0.311 e. The van der Waals surface area contributed by atoms with Crippen molar-refractivity contribution in [3.05, 3.63) is 54.1 Å². The quantitative estimate of drug-likeness (QED) is 0.774. The van der Waals surface area contributed by atoms with Crippen molar-refractivity contribution in [3.8, 4) is 5.75 Å². The standard InChI is InChI=1S/C18H16N2O5/c21-16(9-13(18(23)24)11-4-2-1-3-5-11)19-12-6-7-15-14(8-12)20-17(22)10-25-15/h1-8,13H,9-10H2,(H,19,21)(H,20,22)(H,23,24)/t13-/m0/s1. The van der Waals surface area contributed by atoms with Crippen LogP contribution in [0.25, 0.3) is 0 Å². The molecule has 1 atom stereocenters. The Labute approximate surface area is 143 Å². The number of hydrogen-bond donors (Lipinski definition) is 3. The zero-order valence-electron chi connectivity index (χ0n) is 13.2. The second kappa shape index (κ2) is 7.04. The molecule has 0 fully saturated rings. The molecular formula is C18H16N2O5. The molecule has 3 rings (SSSR count). The molecule has 1 aliphatic heterocycles. The molecule has 128 valence electrons. The third kappa shape index (κ3) is 3.95. The van der Waals surface area contributed by atoms with E-state index in [-0.39, 0.29) is 18.9 Å². The van der Waals surface area contributed by atoms with Crippen molar-refractivity contribution in [3.63, 3.8) is 0 Å². The number of nitrogens with one attached hydrogen (secondary N) is 2. The van der Waals surface area contributed by atoms with Gasteiger partial charge in [-0.05, 0) is 23.8 Å². The van der Waals surface area contributed by atoms with E-state index in [1.807, 2.05) is 0 Å². The summed E-state index contributed by atoms with van der Waals surface area (Å²) in [6.07, 6.45) is -0.195. The van der Waals surface area contributed by atoms with E-state index in [4.69, 9.17) is 4.74 Å². The molecule has 0 unspecified atom stereocenters. The number of benzene rings is 2. The average Bonchev–Trinajstić information content (AvgIpc) is 2.60. The van der Waals surface area contributed by atoms with Crippen LogP contribution in [0.4, 0.5) is 11.4 Å². The fourth-order valence-electron chi connectivity index (χ4n) is 2.59. The van der Waals surface area contributed by atoms with Crippen molar-refractivity contribution in [2.45, 2.75) is 12.3 Å². The second-order valence-electron chi connectivity index (χ2n) is 5.60. The van der Waals surface area contributed by atoms with Crippen LogP contribution in [0.3, 0.4) is 0 Å². The summed E-state index contributed by atoms with van der Waals surface area (Å²) in [6, 6.07) is 13.4. The highest BCUT2D eigenvalue weighted by molar-refractivity contribution is 5.98. The maximum absolute atomic E-state index is 12.2. The summed E-state index contributed by atoms with van der Waals surface area (Å²) in [5.41, 5.74) is 1.48. The molecule has 0 aliphatic carbocycles. The van der Waals surface area contributed by atoms with Crippen LogP contribution < -0.4 is 15.4 Å². The van der Waals surface area contributed by atoms with E-state index >= 15 is 0 Å². The summed E-state index contributed by atoms with van der Waals surface area (Å²) < 4.78 is 5.25. The van der Waals surface area contributed by atoms with Crippen LogP contribution in [0.5, 0.6) is 5.75 Å². The highest BCUT2D eigenvalue weighted by Crippen LogP contribution is 2.30. The van der Waals surface area contributed by atoms with Gasteiger partial charge in [0.15, 0.2) is 6.61 Å². The Morgan fingerprint density at radius 1 is 1.20 bits per heavy atom. The topological polar surface area (TPSA) is 105 Å². The lowest BCUT2D eigenvalue weighted by atomic mass is 9.95. The van der Waals surface area contributed by atoms with Crippen LogP contribution in [0, 0.1) is 0 Å². The van der Waals surface area contributed by atoms with E-state index in [2.05, 4.69) is 10.6 Å². The lowest BCUT2D eigenvalue weighted by molar-refractivity contribution is -0.140. The van der Waals surface area contributed by atoms with Gasteiger partial charge in [-0.15, -0.1) is 0 Å². The van der Waals surface area contributed by atoms with E-state index in [0.29, 0.717) is 22.7 Å². The fraction of sp³-hybridized carbons (Fsp3) is 0.167. The van der Waals surface area contributed by atoms with E-state index in [1.165, 1.54) is 0 Å². The third-order valence-electron chi connectivity index (χ3n) is 3.79. The van der Waals surface area contributed by atoms with E-state index in [0.717, 1.165) is 0 Å². The summed E-state index contributed by atoms with van der Waals surface area (Å²) in [5, 5.41) is 14.7. The van der Waals surface area contributed by atoms with E-state index in [9.17, 15) is 19.5 Å². The number of hydrogen-bond acceptors (Lipinski definition) is 4. The van der Waals surface area contributed by atoms with Gasteiger partial charge in [-0.2, -0.15) is 0 Å². The lowest BCUT2D eigenvalue weighted by Crippen LogP contribution is -2.25. The van der Waals surface area contributed by atoms with Gasteiger partial charge in [-0.25, -0.2) is 0 Å². The van der Waals surface area contributed by atoms with Crippen LogP contribution in [0.15, 0.2) is 48.5 Å². The minimum absolute atomic E-state index is 0.0456. The van der Waals surface area contributed by atoms with Gasteiger partial charge in [0.1, 0.15) is 5.75 Å². The summed E-state index contributed by atoms with van der Waals surface area (Å²) in [7, 11) is 0. The first-order valence-electron chi connectivity index (χ1n) is 7.67. The van der Waals surface area contributed by atoms with Gasteiger partial charge in [0.05, 0.1) is 11.6 Å². The summed E-state index contributed by atoms with van der Waals surface area (Å²) in [6.45, 7) is -0.0456. The second-order valence-corrected chi connectivity index (χ2v) is 5.60. The molecule has 25 heavy (non-hydrogen) atoms. The number of fused-ring (bicyclic) bond motifs is 1. The monoisotopic (exact) mass is 340 g/mol. The first-order valence-corrected chi connectivity index (χ1v) is 7.67. The molecule has 3 N–H and O–H groups in total. The Balaban J connectivity index is 1.70. The smallest absolute Gasteiger partial charge is 0.311 e. The lowest BCUT2D eigenvalue weighted by Gasteiger charge is -2.19. The minimum Gasteiger partial charge on any atom is -0.482 e. The molecule has 2 amide bonds. The predicted molar refractivity (Wildman–Crippen MR) is 90.6 cm³/mol. The van der Waals surface area contributed by atoms with Crippen LogP contribution in [0.1, 0.15) is 17.9 Å². The third-order valence-corrected chi connectivity index (χ3v) is 3.79.